The summed E-state index contributed by atoms with van der Waals surface area (Å²) in [6.07, 6.45) is 3.39. The summed E-state index contributed by atoms with van der Waals surface area (Å²) in [6.45, 7) is 1.02. The molecule has 1 aliphatic heterocycles. The van der Waals surface area contributed by atoms with Gasteiger partial charge in [0.15, 0.2) is 0 Å². The average molecular weight is 235 g/mol. The van der Waals surface area contributed by atoms with E-state index in [9.17, 15) is 0 Å². The van der Waals surface area contributed by atoms with Gasteiger partial charge in [0.1, 0.15) is 5.75 Å². The maximum absolute atomic E-state index is 5.14. The fourth-order valence-corrected chi connectivity index (χ4v) is 2.64. The van der Waals surface area contributed by atoms with Crippen LogP contribution >= 0.6 is 11.8 Å². The van der Waals surface area contributed by atoms with Crippen LogP contribution in [-0.2, 0) is 6.42 Å². The van der Waals surface area contributed by atoms with Gasteiger partial charge >= 0.3 is 0 Å². The lowest BCUT2D eigenvalue weighted by Crippen LogP contribution is -2.04. The third-order valence-corrected chi connectivity index (χ3v) is 3.81. The summed E-state index contributed by atoms with van der Waals surface area (Å²) in [7, 11) is 1.70. The highest BCUT2D eigenvalue weighted by molar-refractivity contribution is 8.14. The monoisotopic (exact) mass is 235 g/mol. The zero-order valence-electron chi connectivity index (χ0n) is 9.61. The van der Waals surface area contributed by atoms with Gasteiger partial charge in [-0.15, -0.1) is 11.8 Å². The van der Waals surface area contributed by atoms with Crippen LogP contribution < -0.4 is 4.74 Å². The number of methoxy groups -OCH3 is 1. The molecule has 0 amide bonds. The molecule has 0 radical (unpaired) electrons. The molecular formula is C13H17NOS. The number of rotatable bonds is 4. The van der Waals surface area contributed by atoms with Crippen LogP contribution in [-0.4, -0.2) is 24.5 Å². The molecule has 0 saturated heterocycles. The number of hydrogen-bond acceptors (Lipinski definition) is 3. The lowest BCUT2D eigenvalue weighted by Gasteiger charge is -2.11. The number of nitrogens with zero attached hydrogens (tertiary/aromatic N) is 1. The molecule has 0 atom stereocenters. The molecule has 2 rings (SSSR count). The third kappa shape index (κ3) is 3.27. The number of thioether (sulfide) groups is 1. The molecule has 0 aliphatic carbocycles. The van der Waals surface area contributed by atoms with Crippen LogP contribution in [0.15, 0.2) is 29.3 Å². The van der Waals surface area contributed by atoms with E-state index in [2.05, 4.69) is 17.1 Å². The van der Waals surface area contributed by atoms with E-state index in [-0.39, 0.29) is 0 Å². The minimum Gasteiger partial charge on any atom is -0.497 e. The van der Waals surface area contributed by atoms with Crippen molar-refractivity contribution >= 4 is 16.8 Å². The van der Waals surface area contributed by atoms with Crippen LogP contribution in [0.3, 0.4) is 0 Å². The Labute approximate surface area is 101 Å². The molecule has 86 valence electrons. The molecule has 0 spiro atoms. The molecule has 2 nitrogen and oxygen atoms in total. The van der Waals surface area contributed by atoms with E-state index >= 15 is 0 Å². The van der Waals surface area contributed by atoms with Gasteiger partial charge in [-0.05, 0) is 37.0 Å². The molecule has 16 heavy (non-hydrogen) atoms. The van der Waals surface area contributed by atoms with Gasteiger partial charge in [-0.2, -0.15) is 0 Å². The summed E-state index contributed by atoms with van der Waals surface area (Å²) >= 11 is 1.92. The summed E-state index contributed by atoms with van der Waals surface area (Å²) in [5.41, 5.74) is 1.36. The maximum atomic E-state index is 5.14. The number of hydrogen-bond donors (Lipinski definition) is 0. The second-order valence-corrected chi connectivity index (χ2v) is 4.99. The van der Waals surface area contributed by atoms with Crippen molar-refractivity contribution in [2.24, 2.45) is 4.99 Å². The number of ether oxygens (including phenoxy) is 1. The van der Waals surface area contributed by atoms with Gasteiger partial charge < -0.3 is 4.74 Å². The van der Waals surface area contributed by atoms with Crippen molar-refractivity contribution in [2.75, 3.05) is 19.4 Å². The molecule has 1 aromatic rings. The molecule has 3 heteroatoms. The highest BCUT2D eigenvalue weighted by Crippen LogP contribution is 2.18. The minimum atomic E-state index is 0.924. The van der Waals surface area contributed by atoms with Gasteiger partial charge in [-0.1, -0.05) is 12.1 Å². The molecule has 0 fully saturated rings. The van der Waals surface area contributed by atoms with E-state index in [0.29, 0.717) is 0 Å². The number of aliphatic imine (C=N–C) groups is 1. The fraction of sp³-hybridized carbons (Fsp3) is 0.462. The third-order valence-electron chi connectivity index (χ3n) is 2.65. The molecule has 1 aromatic carbocycles. The van der Waals surface area contributed by atoms with E-state index in [0.717, 1.165) is 25.1 Å². The molecule has 0 unspecified atom stereocenters. The van der Waals surface area contributed by atoms with E-state index in [1.807, 2.05) is 23.9 Å². The second-order valence-electron chi connectivity index (χ2n) is 3.83. The van der Waals surface area contributed by atoms with Crippen molar-refractivity contribution in [2.45, 2.75) is 19.3 Å². The summed E-state index contributed by atoms with van der Waals surface area (Å²) < 4.78 is 5.14. The predicted octanol–water partition coefficient (Wildman–Crippen LogP) is 3.16. The summed E-state index contributed by atoms with van der Waals surface area (Å²) in [5.74, 6) is 2.16. The van der Waals surface area contributed by atoms with Crippen molar-refractivity contribution in [1.82, 2.24) is 0 Å². The van der Waals surface area contributed by atoms with Crippen LogP contribution in [0, 0.1) is 0 Å². The zero-order chi connectivity index (χ0) is 11.2. The quantitative estimate of drug-likeness (QED) is 0.799. The lowest BCUT2D eigenvalue weighted by atomic mass is 10.1. The molecular weight excluding hydrogens is 218 g/mol. The minimum absolute atomic E-state index is 0.924. The van der Waals surface area contributed by atoms with Gasteiger partial charge in [0.05, 0.1) is 12.2 Å². The lowest BCUT2D eigenvalue weighted by molar-refractivity contribution is 0.414. The average Bonchev–Trinajstić information content (AvgIpc) is 2.38. The molecule has 0 bridgehead atoms. The number of aryl methyl sites for hydroxylation is 1. The Balaban J connectivity index is 1.86. The summed E-state index contributed by atoms with van der Waals surface area (Å²) in [6, 6.07) is 8.30. The molecule has 0 N–H and O–H groups in total. The Hall–Kier alpha value is -0.960. The molecule has 0 aromatic heterocycles. The SMILES string of the molecule is COc1ccc(CCC2=NCCCS2)cc1. The van der Waals surface area contributed by atoms with E-state index in [1.165, 1.54) is 22.8 Å². The first-order valence-electron chi connectivity index (χ1n) is 5.67. The summed E-state index contributed by atoms with van der Waals surface area (Å²) in [4.78, 5) is 4.53. The van der Waals surface area contributed by atoms with Crippen LogP contribution in [0.5, 0.6) is 5.75 Å². The molecule has 1 aliphatic rings. The Morgan fingerprint density at radius 2 is 2.06 bits per heavy atom. The van der Waals surface area contributed by atoms with Crippen molar-refractivity contribution < 1.29 is 4.74 Å². The Morgan fingerprint density at radius 1 is 1.25 bits per heavy atom. The Kier molecular flexibility index (Phi) is 4.28. The van der Waals surface area contributed by atoms with Crippen molar-refractivity contribution in [1.29, 1.82) is 0 Å². The van der Waals surface area contributed by atoms with Crippen LogP contribution in [0.1, 0.15) is 18.4 Å². The Morgan fingerprint density at radius 3 is 2.69 bits per heavy atom. The van der Waals surface area contributed by atoms with Crippen LogP contribution in [0.2, 0.25) is 0 Å². The van der Waals surface area contributed by atoms with E-state index in [4.69, 9.17) is 4.74 Å². The first kappa shape index (κ1) is 11.5. The van der Waals surface area contributed by atoms with Crippen molar-refractivity contribution in [3.63, 3.8) is 0 Å². The van der Waals surface area contributed by atoms with E-state index < -0.39 is 0 Å². The summed E-state index contributed by atoms with van der Waals surface area (Å²) in [5, 5.41) is 1.32. The number of benzene rings is 1. The highest BCUT2D eigenvalue weighted by Gasteiger charge is 2.05. The largest absolute Gasteiger partial charge is 0.497 e. The normalized spacial score (nSPS) is 15.7. The van der Waals surface area contributed by atoms with Gasteiger partial charge in [0, 0.05) is 12.3 Å². The van der Waals surface area contributed by atoms with Gasteiger partial charge in [0.2, 0.25) is 0 Å². The zero-order valence-corrected chi connectivity index (χ0v) is 10.4. The maximum Gasteiger partial charge on any atom is 0.118 e. The van der Waals surface area contributed by atoms with Crippen molar-refractivity contribution in [3.8, 4) is 5.75 Å². The van der Waals surface area contributed by atoms with Gasteiger partial charge in [0.25, 0.3) is 0 Å². The highest BCUT2D eigenvalue weighted by atomic mass is 32.2. The molecule has 0 saturated carbocycles. The standard InChI is InChI=1S/C13H17NOS/c1-15-12-6-3-11(4-7-12)5-8-13-14-9-2-10-16-13/h3-4,6-7H,2,5,8-10H2,1H3. The van der Waals surface area contributed by atoms with Gasteiger partial charge in [-0.3, -0.25) is 4.99 Å². The van der Waals surface area contributed by atoms with E-state index in [1.54, 1.807) is 7.11 Å². The van der Waals surface area contributed by atoms with Gasteiger partial charge in [-0.25, -0.2) is 0 Å². The van der Waals surface area contributed by atoms with Crippen LogP contribution in [0.25, 0.3) is 0 Å². The molecule has 1 heterocycles. The first-order chi connectivity index (χ1) is 7.88. The van der Waals surface area contributed by atoms with Crippen molar-refractivity contribution in [3.05, 3.63) is 29.8 Å². The predicted molar refractivity (Wildman–Crippen MR) is 70.7 cm³/mol. The second kappa shape index (κ2) is 5.94. The topological polar surface area (TPSA) is 21.6 Å². The fourth-order valence-electron chi connectivity index (χ4n) is 1.70. The Bertz CT molecular complexity index is 359. The van der Waals surface area contributed by atoms with Crippen LogP contribution in [0.4, 0.5) is 0 Å². The smallest absolute Gasteiger partial charge is 0.118 e. The first-order valence-corrected chi connectivity index (χ1v) is 6.66.